The maximum atomic E-state index is 3.13. The molecule has 0 amide bonds. The summed E-state index contributed by atoms with van der Waals surface area (Å²) >= 11 is 5.84. The Kier molecular flexibility index (Phi) is 7.19. The summed E-state index contributed by atoms with van der Waals surface area (Å²) in [5.74, 6) is 0. The summed E-state index contributed by atoms with van der Waals surface area (Å²) in [5, 5.41) is 3.13. The fourth-order valence-corrected chi connectivity index (χ4v) is 3.72. The van der Waals surface area contributed by atoms with Gasteiger partial charge < -0.3 is 12.4 Å². The van der Waals surface area contributed by atoms with Crippen molar-refractivity contribution in [1.29, 1.82) is 0 Å². The topological polar surface area (TPSA) is 0 Å². The molecule has 0 spiro atoms. The quantitative estimate of drug-likeness (QED) is 0.309. The van der Waals surface area contributed by atoms with E-state index in [0.717, 1.165) is 0 Å². The van der Waals surface area contributed by atoms with Gasteiger partial charge in [0.05, 0.1) is 0 Å². The van der Waals surface area contributed by atoms with Gasteiger partial charge in [0, 0.05) is 8.45 Å². The van der Waals surface area contributed by atoms with E-state index < -0.39 is 0 Å². The zero-order chi connectivity index (χ0) is 11.7. The number of thiophene rings is 2. The van der Waals surface area contributed by atoms with Crippen molar-refractivity contribution in [2.45, 2.75) is 0 Å². The predicted molar refractivity (Wildman–Crippen MR) is 84.6 cm³/mol. The van der Waals surface area contributed by atoms with Gasteiger partial charge in [0.15, 0.2) is 0 Å². The van der Waals surface area contributed by atoms with Gasteiger partial charge in [-0.25, -0.2) is 0 Å². The molecule has 0 N–H and O–H groups in total. The van der Waals surface area contributed by atoms with Crippen LogP contribution in [0.5, 0.6) is 0 Å². The Morgan fingerprint density at radius 1 is 0.842 bits per heavy atom. The minimum atomic E-state index is 0. The summed E-state index contributed by atoms with van der Waals surface area (Å²) in [4.78, 5) is 3.95. The molecule has 2 heterocycles. The molecule has 0 unspecified atom stereocenters. The second kappa shape index (κ2) is 7.89. The summed E-state index contributed by atoms with van der Waals surface area (Å²) in [7, 11) is 0. The van der Waals surface area contributed by atoms with Crippen molar-refractivity contribution in [1.82, 2.24) is 0 Å². The summed E-state index contributed by atoms with van der Waals surface area (Å²) in [6.45, 7) is 0. The van der Waals surface area contributed by atoms with Crippen LogP contribution in [-0.4, -0.2) is 0 Å². The Hall–Kier alpha value is 0.263. The molecule has 0 aliphatic carbocycles. The molecule has 0 saturated heterocycles. The molecule has 3 aromatic rings. The standard InChI is InChI=1S/C14H8IS2.ClH.Zn/c15-11-5-3-10(4-6-11)12-7-8-14(17-12)13-2-1-9-16-13;;/h1-8H;1H;/q-1;;+2/p-1. The molecule has 92 valence electrons. The van der Waals surface area contributed by atoms with Crippen molar-refractivity contribution in [3.8, 4) is 20.2 Å². The Morgan fingerprint density at radius 2 is 1.53 bits per heavy atom. The van der Waals surface area contributed by atoms with Gasteiger partial charge in [-0.3, -0.25) is 11.3 Å². The molecule has 1 aromatic carbocycles. The van der Waals surface area contributed by atoms with Gasteiger partial charge in [-0.15, -0.1) is 21.6 Å². The number of halogens is 2. The third kappa shape index (κ3) is 4.11. The molecule has 5 heteroatoms. The van der Waals surface area contributed by atoms with Gasteiger partial charge in [-0.1, -0.05) is 18.2 Å². The van der Waals surface area contributed by atoms with Gasteiger partial charge in [-0.05, 0) is 51.2 Å². The van der Waals surface area contributed by atoms with Crippen molar-refractivity contribution in [3.63, 3.8) is 0 Å². The van der Waals surface area contributed by atoms with E-state index in [2.05, 4.69) is 70.4 Å². The Morgan fingerprint density at radius 3 is 2.16 bits per heavy atom. The van der Waals surface area contributed by atoms with Crippen molar-refractivity contribution < 1.29 is 31.9 Å². The molecule has 0 aliphatic heterocycles. The van der Waals surface area contributed by atoms with Crippen LogP contribution in [0.2, 0.25) is 0 Å². The molecule has 0 aliphatic rings. The maximum absolute atomic E-state index is 3.13. The van der Waals surface area contributed by atoms with E-state index in [4.69, 9.17) is 0 Å². The molecular weight excluding hydrogens is 460 g/mol. The molecule has 3 rings (SSSR count). The van der Waals surface area contributed by atoms with E-state index in [1.54, 1.807) is 11.3 Å². The van der Waals surface area contributed by atoms with Crippen LogP contribution in [0.1, 0.15) is 0 Å². The normalized spacial score (nSPS) is 9.53. The molecule has 2 aromatic heterocycles. The monoisotopic (exact) mass is 466 g/mol. The fraction of sp³-hybridized carbons (Fsp3) is 0. The van der Waals surface area contributed by atoms with Gasteiger partial charge in [0.25, 0.3) is 0 Å². The Labute approximate surface area is 153 Å². The largest absolute Gasteiger partial charge is 2.00 e. The fourth-order valence-electron chi connectivity index (χ4n) is 1.61. The van der Waals surface area contributed by atoms with Gasteiger partial charge >= 0.3 is 19.5 Å². The van der Waals surface area contributed by atoms with Crippen LogP contribution >= 0.6 is 45.3 Å². The van der Waals surface area contributed by atoms with Gasteiger partial charge in [0.1, 0.15) is 0 Å². The third-order valence-electron chi connectivity index (χ3n) is 2.45. The first-order valence-electron chi connectivity index (χ1n) is 5.15. The second-order valence-electron chi connectivity index (χ2n) is 3.59. The molecule has 19 heavy (non-hydrogen) atoms. The van der Waals surface area contributed by atoms with E-state index in [-0.39, 0.29) is 31.9 Å². The maximum Gasteiger partial charge on any atom is 2.00 e. The first-order valence-corrected chi connectivity index (χ1v) is 7.86. The van der Waals surface area contributed by atoms with Gasteiger partial charge in [-0.2, -0.15) is 12.1 Å². The van der Waals surface area contributed by atoms with Crippen LogP contribution < -0.4 is 12.4 Å². The number of benzene rings is 1. The molecule has 0 saturated carbocycles. The Bertz CT molecular complexity index is 617. The van der Waals surface area contributed by atoms with E-state index >= 15 is 0 Å². The average molecular weight is 468 g/mol. The third-order valence-corrected chi connectivity index (χ3v) is 5.30. The SMILES string of the molecule is Ic1ccc(-c2ccc(-c3cc[c-]s3)s2)cc1.[Cl-].[Zn+2]. The van der Waals surface area contributed by atoms with Crippen molar-refractivity contribution in [2.75, 3.05) is 0 Å². The smallest absolute Gasteiger partial charge is 1.00 e. The zero-order valence-electron chi connectivity index (χ0n) is 9.90. The molecular formula is C14H8ClIS2Zn. The molecule has 0 atom stereocenters. The van der Waals surface area contributed by atoms with Crippen LogP contribution in [0, 0.1) is 8.95 Å². The molecule has 0 nitrogen and oxygen atoms in total. The number of hydrogen-bond acceptors (Lipinski definition) is 2. The summed E-state index contributed by atoms with van der Waals surface area (Å²) < 4.78 is 1.27. The van der Waals surface area contributed by atoms with Crippen molar-refractivity contribution in [2.24, 2.45) is 0 Å². The second-order valence-corrected chi connectivity index (χ2v) is 6.80. The predicted octanol–water partition coefficient (Wildman–Crippen LogP) is 2.55. The average Bonchev–Trinajstić information content (AvgIpc) is 3.00. The molecule has 0 radical (unpaired) electrons. The summed E-state index contributed by atoms with van der Waals surface area (Å²) in [5.41, 5.74) is 1.29. The minimum Gasteiger partial charge on any atom is -1.00 e. The molecule has 0 fully saturated rings. The number of hydrogen-bond donors (Lipinski definition) is 0. The summed E-state index contributed by atoms with van der Waals surface area (Å²) in [6.07, 6.45) is 0. The van der Waals surface area contributed by atoms with Crippen LogP contribution in [0.15, 0.2) is 48.5 Å². The molecule has 0 bridgehead atoms. The number of rotatable bonds is 2. The minimum absolute atomic E-state index is 0. The van der Waals surface area contributed by atoms with Gasteiger partial charge in [0.2, 0.25) is 0 Å². The van der Waals surface area contributed by atoms with Crippen LogP contribution in [0.3, 0.4) is 0 Å². The van der Waals surface area contributed by atoms with Crippen LogP contribution in [-0.2, 0) is 19.5 Å². The Balaban J connectivity index is 0.000000902. The summed E-state index contributed by atoms with van der Waals surface area (Å²) in [6, 6.07) is 17.1. The van der Waals surface area contributed by atoms with Crippen LogP contribution in [0.25, 0.3) is 20.2 Å². The van der Waals surface area contributed by atoms with E-state index in [1.165, 1.54) is 23.8 Å². The van der Waals surface area contributed by atoms with Crippen molar-refractivity contribution in [3.05, 3.63) is 57.5 Å². The van der Waals surface area contributed by atoms with Crippen molar-refractivity contribution >= 4 is 45.3 Å². The van der Waals surface area contributed by atoms with E-state index in [9.17, 15) is 0 Å². The first kappa shape index (κ1) is 17.3. The van der Waals surface area contributed by atoms with Crippen LogP contribution in [0.4, 0.5) is 0 Å². The van der Waals surface area contributed by atoms with E-state index in [0.29, 0.717) is 0 Å². The first-order chi connectivity index (χ1) is 8.33. The van der Waals surface area contributed by atoms with E-state index in [1.807, 2.05) is 17.4 Å². The zero-order valence-corrected chi connectivity index (χ0v) is 17.4.